The molecule has 0 radical (unpaired) electrons. The molecule has 0 saturated carbocycles. The Hall–Kier alpha value is -5.81. The summed E-state index contributed by atoms with van der Waals surface area (Å²) < 4.78 is 48.4. The number of carbonyl (C=O) groups is 3. The van der Waals surface area contributed by atoms with Crippen LogP contribution in [0.5, 0.6) is 5.75 Å². The minimum atomic E-state index is -3.05. The number of likely N-dealkylation sites (tertiary alicyclic amines) is 2. The second-order valence-corrected chi connectivity index (χ2v) is 16.9. The van der Waals surface area contributed by atoms with Crippen molar-refractivity contribution in [1.82, 2.24) is 44.9 Å². The number of ether oxygens (including phenoxy) is 3. The lowest BCUT2D eigenvalue weighted by Gasteiger charge is -2.30. The van der Waals surface area contributed by atoms with Crippen LogP contribution < -0.4 is 15.4 Å². The number of alkyl carbamates (subject to hydrolysis) is 1. The number of hydrogen-bond donors (Lipinski definition) is 4. The molecule has 0 spiro atoms. The van der Waals surface area contributed by atoms with Gasteiger partial charge in [0.1, 0.15) is 23.4 Å². The molecule has 4 N–H and O–H groups in total. The number of amides is 3. The summed E-state index contributed by atoms with van der Waals surface area (Å²) in [7, 11) is 2.78. The molecule has 15 nitrogen and oxygen atoms in total. The Labute approximate surface area is 352 Å². The van der Waals surface area contributed by atoms with Crippen molar-refractivity contribution < 1.29 is 37.4 Å². The highest BCUT2D eigenvalue weighted by Crippen LogP contribution is 2.45. The monoisotopic (exact) mass is 841 g/mol. The lowest BCUT2D eigenvalue weighted by molar-refractivity contribution is -0.137. The van der Waals surface area contributed by atoms with E-state index in [1.807, 2.05) is 71.0 Å². The van der Waals surface area contributed by atoms with Gasteiger partial charge in [-0.2, -0.15) is 0 Å². The average Bonchev–Trinajstić information content (AvgIpc) is 4.08. The van der Waals surface area contributed by atoms with Gasteiger partial charge in [-0.3, -0.25) is 14.9 Å². The van der Waals surface area contributed by atoms with Gasteiger partial charge in [-0.25, -0.2) is 23.5 Å². The number of alkyl halides is 2. The van der Waals surface area contributed by atoms with E-state index in [2.05, 4.69) is 36.2 Å². The molecular formula is C44H53F2N9O6. The molecule has 8 rings (SSSR count). The number of fused-ring (bicyclic) bond motifs is 5. The summed E-state index contributed by atoms with van der Waals surface area (Å²) in [6.07, 6.45) is 3.46. The molecule has 0 bridgehead atoms. The quantitative estimate of drug-likeness (QED) is 0.0951. The number of aromatic nitrogens is 5. The zero-order valence-corrected chi connectivity index (χ0v) is 35.4. The topological polar surface area (TPSA) is 172 Å². The predicted octanol–water partition coefficient (Wildman–Crippen LogP) is 7.17. The normalized spacial score (nSPS) is 20.5. The molecule has 2 aromatic carbocycles. The zero-order valence-electron chi connectivity index (χ0n) is 35.4. The van der Waals surface area contributed by atoms with Crippen LogP contribution in [0.1, 0.15) is 83.8 Å². The highest BCUT2D eigenvalue weighted by molar-refractivity contribution is 5.92. The molecule has 0 aliphatic carbocycles. The third-order valence-electron chi connectivity index (χ3n) is 12.1. The molecule has 61 heavy (non-hydrogen) atoms. The summed E-state index contributed by atoms with van der Waals surface area (Å²) in [5, 5.41) is 6.68. The summed E-state index contributed by atoms with van der Waals surface area (Å²) >= 11 is 0. The molecule has 17 heteroatoms. The fraction of sp³-hybridized carbons (Fsp3) is 0.477. The molecule has 3 aliphatic heterocycles. The standard InChI is InChI=1S/C44H53F2N9O6/c1-23(2)37(49-22-59-6)41(56)54-21-44(45,46)18-35(54)40-48-19-30(51-40)26-11-13-32-28(15-26)16-34-29-12-10-27(17-36(29)61-25(5)55(32)34)31-20-47-39(50-31)33-9-8-14-53(33)42(57)38(24(3)4)52-43(58)60-7/h10-13,15-17,19-20,23-25,33,35,37-38,49H,8-9,14,18,21-22H2,1-7H3,(H,47,50)(H,48,51)(H,52,58). The third-order valence-corrected chi connectivity index (χ3v) is 12.1. The Morgan fingerprint density at radius 2 is 1.56 bits per heavy atom. The van der Waals surface area contributed by atoms with Crippen LogP contribution in [0.25, 0.3) is 44.7 Å². The van der Waals surface area contributed by atoms with E-state index in [-0.39, 0.29) is 36.7 Å². The van der Waals surface area contributed by atoms with E-state index in [1.54, 1.807) is 17.3 Å². The predicted molar refractivity (Wildman–Crippen MR) is 223 cm³/mol. The Balaban J connectivity index is 1.02. The van der Waals surface area contributed by atoms with Gasteiger partial charge in [-0.1, -0.05) is 39.8 Å². The van der Waals surface area contributed by atoms with Crippen LogP contribution in [-0.4, -0.2) is 104 Å². The Kier molecular flexibility index (Phi) is 11.4. The largest absolute Gasteiger partial charge is 0.470 e. The molecule has 5 unspecified atom stereocenters. The van der Waals surface area contributed by atoms with Crippen molar-refractivity contribution in [3.05, 3.63) is 66.5 Å². The minimum Gasteiger partial charge on any atom is -0.470 e. The van der Waals surface area contributed by atoms with E-state index in [1.165, 1.54) is 19.1 Å². The number of carbonyl (C=O) groups excluding carboxylic acids is 3. The van der Waals surface area contributed by atoms with Gasteiger partial charge in [0, 0.05) is 42.2 Å². The third kappa shape index (κ3) is 7.96. The summed E-state index contributed by atoms with van der Waals surface area (Å²) in [6.45, 7) is 9.49. The number of benzene rings is 2. The van der Waals surface area contributed by atoms with Gasteiger partial charge in [0.25, 0.3) is 5.92 Å². The van der Waals surface area contributed by atoms with E-state index < -0.39 is 49.0 Å². The average molecular weight is 842 g/mol. The van der Waals surface area contributed by atoms with Crippen molar-refractivity contribution in [2.45, 2.75) is 90.2 Å². The summed E-state index contributed by atoms with van der Waals surface area (Å²) in [4.78, 5) is 58.3. The zero-order chi connectivity index (χ0) is 43.3. The number of rotatable bonds is 12. The molecule has 3 amide bonds. The van der Waals surface area contributed by atoms with Gasteiger partial charge < -0.3 is 43.9 Å². The first kappa shape index (κ1) is 41.9. The molecule has 3 aromatic heterocycles. The first-order valence-electron chi connectivity index (χ1n) is 20.8. The molecule has 5 aromatic rings. The van der Waals surface area contributed by atoms with Gasteiger partial charge in [-0.05, 0) is 61.9 Å². The second-order valence-electron chi connectivity index (χ2n) is 16.9. The maximum Gasteiger partial charge on any atom is 0.407 e. The van der Waals surface area contributed by atoms with Gasteiger partial charge >= 0.3 is 6.09 Å². The highest BCUT2D eigenvalue weighted by atomic mass is 19.3. The molecule has 2 saturated heterocycles. The van der Waals surface area contributed by atoms with Crippen LogP contribution in [0.4, 0.5) is 13.6 Å². The number of halogens is 2. The van der Waals surface area contributed by atoms with Crippen LogP contribution in [0.3, 0.4) is 0 Å². The number of methoxy groups -OCH3 is 2. The van der Waals surface area contributed by atoms with Crippen LogP contribution in [0.2, 0.25) is 0 Å². The summed E-state index contributed by atoms with van der Waals surface area (Å²) in [5.41, 5.74) is 5.99. The molecule has 2 fully saturated rings. The van der Waals surface area contributed by atoms with E-state index in [0.29, 0.717) is 29.6 Å². The van der Waals surface area contributed by atoms with Crippen molar-refractivity contribution in [3.63, 3.8) is 0 Å². The van der Waals surface area contributed by atoms with Crippen LogP contribution in [-0.2, 0) is 19.1 Å². The summed E-state index contributed by atoms with van der Waals surface area (Å²) in [6, 6.07) is 11.6. The van der Waals surface area contributed by atoms with Crippen LogP contribution in [0.15, 0.2) is 54.9 Å². The number of aromatic amines is 2. The minimum absolute atomic E-state index is 0.120. The first-order valence-corrected chi connectivity index (χ1v) is 20.8. The van der Waals surface area contributed by atoms with Gasteiger partial charge in [0.15, 0.2) is 6.23 Å². The van der Waals surface area contributed by atoms with Crippen LogP contribution >= 0.6 is 0 Å². The Bertz CT molecular complexity index is 2440. The molecular weight excluding hydrogens is 789 g/mol. The number of H-pyrrole nitrogens is 2. The van der Waals surface area contributed by atoms with E-state index in [9.17, 15) is 23.2 Å². The SMILES string of the molecule is COCNC(C(=O)N1CC(F)(F)CC1c1ncc(-c2ccc3c(c2)cc2n3C(C)Oc3cc(-c4cnc(C5CCCN5C(=O)C(NC(=O)OC)C(C)C)[nH]4)ccc3-2)[nH]1)C(C)C. The number of imidazole rings is 2. The van der Waals surface area contributed by atoms with E-state index in [4.69, 9.17) is 19.2 Å². The lowest BCUT2D eigenvalue weighted by atomic mass is 10.0. The molecule has 3 aliphatic rings. The van der Waals surface area contributed by atoms with E-state index >= 15 is 0 Å². The van der Waals surface area contributed by atoms with Crippen molar-refractivity contribution in [3.8, 4) is 39.5 Å². The second kappa shape index (κ2) is 16.6. The van der Waals surface area contributed by atoms with Crippen molar-refractivity contribution in [2.75, 3.05) is 34.0 Å². The highest BCUT2D eigenvalue weighted by Gasteiger charge is 2.50. The molecule has 324 valence electrons. The number of nitrogens with zero attached hydrogens (tertiary/aromatic N) is 5. The smallest absolute Gasteiger partial charge is 0.407 e. The van der Waals surface area contributed by atoms with E-state index in [0.717, 1.165) is 51.8 Å². The maximum absolute atomic E-state index is 14.9. The van der Waals surface area contributed by atoms with Gasteiger partial charge in [0.05, 0.1) is 73.5 Å². The number of nitrogens with one attached hydrogen (secondary N) is 4. The van der Waals surface area contributed by atoms with Gasteiger partial charge in [-0.15, -0.1) is 0 Å². The molecule has 6 heterocycles. The Morgan fingerprint density at radius 1 is 0.902 bits per heavy atom. The van der Waals surface area contributed by atoms with Crippen molar-refractivity contribution in [2.24, 2.45) is 11.8 Å². The van der Waals surface area contributed by atoms with Crippen LogP contribution in [0, 0.1) is 11.8 Å². The molecule has 5 atom stereocenters. The fourth-order valence-electron chi connectivity index (χ4n) is 8.99. The van der Waals surface area contributed by atoms with Crippen molar-refractivity contribution >= 4 is 28.8 Å². The van der Waals surface area contributed by atoms with Crippen molar-refractivity contribution in [1.29, 1.82) is 0 Å². The first-order chi connectivity index (χ1) is 29.2. The number of hydrogen-bond acceptors (Lipinski definition) is 9. The Morgan fingerprint density at radius 3 is 2.23 bits per heavy atom. The maximum atomic E-state index is 14.9. The summed E-state index contributed by atoms with van der Waals surface area (Å²) in [5.74, 6) is -2.22. The lowest BCUT2D eigenvalue weighted by Crippen LogP contribution is -2.51. The van der Waals surface area contributed by atoms with Gasteiger partial charge in [0.2, 0.25) is 11.8 Å². The fourth-order valence-corrected chi connectivity index (χ4v) is 8.99.